The van der Waals surface area contributed by atoms with E-state index in [4.69, 9.17) is 16.3 Å². The number of rotatable bonds is 5. The van der Waals surface area contributed by atoms with Crippen molar-refractivity contribution in [2.45, 2.75) is 45.9 Å². The summed E-state index contributed by atoms with van der Waals surface area (Å²) in [5, 5.41) is 4.30. The summed E-state index contributed by atoms with van der Waals surface area (Å²) in [5.41, 5.74) is 2.44. The lowest BCUT2D eigenvalue weighted by atomic mass is 10.1. The molecule has 1 aromatic rings. The third-order valence-corrected chi connectivity index (χ3v) is 3.94. The average molecular weight is 297 g/mol. The van der Waals surface area contributed by atoms with Crippen LogP contribution in [0.1, 0.15) is 32.8 Å². The van der Waals surface area contributed by atoms with Crippen molar-refractivity contribution in [1.29, 1.82) is 0 Å². The maximum absolute atomic E-state index is 6.40. The first-order chi connectivity index (χ1) is 9.61. The lowest BCUT2D eigenvalue weighted by molar-refractivity contribution is -0.00526. The standard InChI is InChI=1S/C16H25ClN2O/c1-4-8-18-9-14-15(17)6-5-7-16(14)19-10-12(2)20-13(3)11-19/h5-7,12-13,18H,4,8-11H2,1-3H3. The first kappa shape index (κ1) is 15.6. The summed E-state index contributed by atoms with van der Waals surface area (Å²) in [6.45, 7) is 10.1. The quantitative estimate of drug-likeness (QED) is 0.842. The summed E-state index contributed by atoms with van der Waals surface area (Å²) in [6.07, 6.45) is 1.65. The van der Waals surface area contributed by atoms with Crippen LogP contribution in [0, 0.1) is 0 Å². The molecule has 1 aliphatic rings. The number of nitrogens with zero attached hydrogens (tertiary/aromatic N) is 1. The Morgan fingerprint density at radius 2 is 2.00 bits per heavy atom. The molecule has 2 unspecified atom stereocenters. The van der Waals surface area contributed by atoms with Crippen LogP contribution in [0.25, 0.3) is 0 Å². The van der Waals surface area contributed by atoms with Gasteiger partial charge in [0.1, 0.15) is 0 Å². The van der Waals surface area contributed by atoms with Gasteiger partial charge in [0.25, 0.3) is 0 Å². The van der Waals surface area contributed by atoms with E-state index in [1.165, 1.54) is 11.3 Å². The van der Waals surface area contributed by atoms with Crippen LogP contribution in [0.4, 0.5) is 5.69 Å². The van der Waals surface area contributed by atoms with Crippen molar-refractivity contribution in [2.75, 3.05) is 24.5 Å². The fraction of sp³-hybridized carbons (Fsp3) is 0.625. The highest BCUT2D eigenvalue weighted by Crippen LogP contribution is 2.29. The highest BCUT2D eigenvalue weighted by molar-refractivity contribution is 6.31. The minimum absolute atomic E-state index is 0.259. The van der Waals surface area contributed by atoms with Crippen LogP contribution in [0.2, 0.25) is 5.02 Å². The van der Waals surface area contributed by atoms with E-state index >= 15 is 0 Å². The zero-order chi connectivity index (χ0) is 14.5. The van der Waals surface area contributed by atoms with Crippen LogP contribution in [-0.4, -0.2) is 31.8 Å². The predicted octanol–water partition coefficient (Wildman–Crippen LogP) is 3.45. The monoisotopic (exact) mass is 296 g/mol. The number of ether oxygens (including phenoxy) is 1. The van der Waals surface area contributed by atoms with Crippen molar-refractivity contribution < 1.29 is 4.74 Å². The number of anilines is 1. The van der Waals surface area contributed by atoms with Crippen LogP contribution in [-0.2, 0) is 11.3 Å². The Labute approximate surface area is 127 Å². The maximum atomic E-state index is 6.40. The fourth-order valence-corrected chi connectivity index (χ4v) is 3.02. The van der Waals surface area contributed by atoms with Crippen LogP contribution in [0.15, 0.2) is 18.2 Å². The molecule has 3 nitrogen and oxygen atoms in total. The largest absolute Gasteiger partial charge is 0.372 e. The molecule has 112 valence electrons. The van der Waals surface area contributed by atoms with Gasteiger partial charge in [-0.15, -0.1) is 0 Å². The Morgan fingerprint density at radius 3 is 2.65 bits per heavy atom. The van der Waals surface area contributed by atoms with E-state index in [1.807, 2.05) is 12.1 Å². The molecule has 1 heterocycles. The zero-order valence-electron chi connectivity index (χ0n) is 12.7. The van der Waals surface area contributed by atoms with Gasteiger partial charge in [0.15, 0.2) is 0 Å². The van der Waals surface area contributed by atoms with E-state index in [2.05, 4.69) is 37.1 Å². The van der Waals surface area contributed by atoms with Gasteiger partial charge in [-0.1, -0.05) is 24.6 Å². The molecule has 1 aliphatic heterocycles. The number of nitrogens with one attached hydrogen (secondary N) is 1. The van der Waals surface area contributed by atoms with Gasteiger partial charge in [-0.25, -0.2) is 0 Å². The third kappa shape index (κ3) is 3.87. The summed E-state index contributed by atoms with van der Waals surface area (Å²) in [6, 6.07) is 6.17. The average Bonchev–Trinajstić information content (AvgIpc) is 2.39. The van der Waals surface area contributed by atoms with Crippen molar-refractivity contribution in [3.05, 3.63) is 28.8 Å². The van der Waals surface area contributed by atoms with Crippen molar-refractivity contribution in [3.8, 4) is 0 Å². The molecule has 0 aliphatic carbocycles. The van der Waals surface area contributed by atoms with Gasteiger partial charge in [-0.05, 0) is 38.9 Å². The topological polar surface area (TPSA) is 24.5 Å². The fourth-order valence-electron chi connectivity index (χ4n) is 2.78. The summed E-state index contributed by atoms with van der Waals surface area (Å²) in [7, 11) is 0. The number of hydrogen-bond donors (Lipinski definition) is 1. The molecular formula is C16H25ClN2O. The molecule has 20 heavy (non-hydrogen) atoms. The number of halogens is 1. The van der Waals surface area contributed by atoms with Crippen molar-refractivity contribution >= 4 is 17.3 Å². The van der Waals surface area contributed by atoms with Gasteiger partial charge in [-0.3, -0.25) is 0 Å². The van der Waals surface area contributed by atoms with E-state index < -0.39 is 0 Å². The molecule has 1 saturated heterocycles. The Balaban J connectivity index is 2.19. The van der Waals surface area contributed by atoms with Crippen molar-refractivity contribution in [1.82, 2.24) is 5.32 Å². The molecule has 0 spiro atoms. The summed E-state index contributed by atoms with van der Waals surface area (Å²) in [4.78, 5) is 2.40. The molecule has 2 rings (SSSR count). The maximum Gasteiger partial charge on any atom is 0.0726 e. The van der Waals surface area contributed by atoms with Crippen LogP contribution >= 0.6 is 11.6 Å². The Kier molecular flexibility index (Phi) is 5.70. The van der Waals surface area contributed by atoms with Gasteiger partial charge >= 0.3 is 0 Å². The first-order valence-corrected chi connectivity index (χ1v) is 7.88. The molecule has 0 radical (unpaired) electrons. The van der Waals surface area contributed by atoms with Crippen LogP contribution in [0.5, 0.6) is 0 Å². The SMILES string of the molecule is CCCNCc1c(Cl)cccc1N1CC(C)OC(C)C1. The minimum atomic E-state index is 0.259. The predicted molar refractivity (Wildman–Crippen MR) is 85.7 cm³/mol. The Hall–Kier alpha value is -0.770. The molecule has 1 fully saturated rings. The smallest absolute Gasteiger partial charge is 0.0726 e. The molecule has 0 bridgehead atoms. The van der Waals surface area contributed by atoms with Gasteiger partial charge in [0, 0.05) is 35.9 Å². The normalized spacial score (nSPS) is 23.1. The van der Waals surface area contributed by atoms with E-state index in [0.29, 0.717) is 0 Å². The molecule has 4 heteroatoms. The zero-order valence-corrected chi connectivity index (χ0v) is 13.4. The molecule has 1 N–H and O–H groups in total. The second-order valence-electron chi connectivity index (χ2n) is 5.58. The lowest BCUT2D eigenvalue weighted by Crippen LogP contribution is -2.46. The second-order valence-corrected chi connectivity index (χ2v) is 5.98. The second kappa shape index (κ2) is 7.30. The molecule has 0 amide bonds. The molecule has 1 aromatic carbocycles. The van der Waals surface area contributed by atoms with Crippen LogP contribution < -0.4 is 10.2 Å². The Bertz CT molecular complexity index is 428. The van der Waals surface area contributed by atoms with E-state index in [1.54, 1.807) is 0 Å². The summed E-state index contributed by atoms with van der Waals surface area (Å²) < 4.78 is 5.82. The minimum Gasteiger partial charge on any atom is -0.372 e. The van der Waals surface area contributed by atoms with E-state index in [9.17, 15) is 0 Å². The van der Waals surface area contributed by atoms with Gasteiger partial charge in [0.05, 0.1) is 12.2 Å². The van der Waals surface area contributed by atoms with E-state index in [0.717, 1.165) is 37.6 Å². The first-order valence-electron chi connectivity index (χ1n) is 7.50. The van der Waals surface area contributed by atoms with E-state index in [-0.39, 0.29) is 12.2 Å². The van der Waals surface area contributed by atoms with Gasteiger partial charge < -0.3 is 15.0 Å². The molecule has 2 atom stereocenters. The Morgan fingerprint density at radius 1 is 1.30 bits per heavy atom. The highest BCUT2D eigenvalue weighted by atomic mass is 35.5. The molecule has 0 saturated carbocycles. The van der Waals surface area contributed by atoms with Gasteiger partial charge in [0.2, 0.25) is 0 Å². The highest BCUT2D eigenvalue weighted by Gasteiger charge is 2.24. The summed E-state index contributed by atoms with van der Waals surface area (Å²) >= 11 is 6.40. The molecule has 0 aromatic heterocycles. The van der Waals surface area contributed by atoms with Crippen molar-refractivity contribution in [3.63, 3.8) is 0 Å². The molecular weight excluding hydrogens is 272 g/mol. The van der Waals surface area contributed by atoms with Crippen LogP contribution in [0.3, 0.4) is 0 Å². The third-order valence-electron chi connectivity index (χ3n) is 3.58. The number of benzene rings is 1. The number of hydrogen-bond acceptors (Lipinski definition) is 3. The lowest BCUT2D eigenvalue weighted by Gasteiger charge is -2.38. The van der Waals surface area contributed by atoms with Gasteiger partial charge in [-0.2, -0.15) is 0 Å². The summed E-state index contributed by atoms with van der Waals surface area (Å²) in [5.74, 6) is 0. The van der Waals surface area contributed by atoms with Crippen molar-refractivity contribution in [2.24, 2.45) is 0 Å². The number of morpholine rings is 1.